The number of rotatable bonds is 5. The van der Waals surface area contributed by atoms with Crippen LogP contribution >= 0.6 is 11.6 Å². The van der Waals surface area contributed by atoms with Crippen LogP contribution in [-0.2, 0) is 6.54 Å². The Bertz CT molecular complexity index is 1140. The predicted molar refractivity (Wildman–Crippen MR) is 131 cm³/mol. The second-order valence-corrected chi connectivity index (χ2v) is 9.05. The van der Waals surface area contributed by atoms with E-state index in [1.54, 1.807) is 29.2 Å². The van der Waals surface area contributed by atoms with E-state index in [1.165, 1.54) is 0 Å². The van der Waals surface area contributed by atoms with E-state index in [1.807, 2.05) is 61.3 Å². The first-order valence-electron chi connectivity index (χ1n) is 11.2. The molecule has 1 fully saturated rings. The molecule has 33 heavy (non-hydrogen) atoms. The number of carbonyl (C=O) groups excluding carboxylic acids is 2. The fourth-order valence-corrected chi connectivity index (χ4v) is 4.55. The Morgan fingerprint density at radius 1 is 1.03 bits per heavy atom. The number of pyridine rings is 1. The molecule has 0 bridgehead atoms. The summed E-state index contributed by atoms with van der Waals surface area (Å²) in [6, 6.07) is 20.8. The minimum atomic E-state index is -0.0289. The summed E-state index contributed by atoms with van der Waals surface area (Å²) in [5, 5.41) is 0.558. The van der Waals surface area contributed by atoms with Gasteiger partial charge >= 0.3 is 0 Å². The van der Waals surface area contributed by atoms with Gasteiger partial charge in [-0.3, -0.25) is 14.6 Å². The number of hydrogen-bond acceptors (Lipinski definition) is 3. The number of benzene rings is 2. The van der Waals surface area contributed by atoms with Crippen LogP contribution in [0.5, 0.6) is 0 Å². The molecule has 170 valence electrons. The van der Waals surface area contributed by atoms with Crippen LogP contribution in [0.1, 0.15) is 56.4 Å². The lowest BCUT2D eigenvalue weighted by atomic mass is 9.89. The quantitative estimate of drug-likeness (QED) is 0.515. The molecule has 1 saturated heterocycles. The number of aromatic nitrogens is 1. The number of carbonyl (C=O) groups is 2. The van der Waals surface area contributed by atoms with Crippen molar-refractivity contribution in [1.29, 1.82) is 0 Å². The van der Waals surface area contributed by atoms with Crippen LogP contribution in [0.3, 0.4) is 0 Å². The van der Waals surface area contributed by atoms with Crippen LogP contribution in [-0.4, -0.2) is 46.7 Å². The Hall–Kier alpha value is -3.18. The second kappa shape index (κ2) is 10.2. The van der Waals surface area contributed by atoms with Gasteiger partial charge in [-0.25, -0.2) is 0 Å². The summed E-state index contributed by atoms with van der Waals surface area (Å²) in [7, 11) is 1.82. The normalized spacial score (nSPS) is 14.2. The highest BCUT2D eigenvalue weighted by Crippen LogP contribution is 2.31. The molecule has 0 spiro atoms. The Balaban J connectivity index is 1.48. The molecule has 5 nitrogen and oxygen atoms in total. The van der Waals surface area contributed by atoms with Crippen molar-refractivity contribution in [2.45, 2.75) is 32.2 Å². The van der Waals surface area contributed by atoms with Gasteiger partial charge in [-0.15, -0.1) is 0 Å². The third-order valence-corrected chi connectivity index (χ3v) is 6.38. The lowest BCUT2D eigenvalue weighted by Gasteiger charge is -2.33. The van der Waals surface area contributed by atoms with E-state index in [0.717, 1.165) is 29.8 Å². The third kappa shape index (κ3) is 5.42. The van der Waals surface area contributed by atoms with Crippen LogP contribution in [0.4, 0.5) is 0 Å². The minimum absolute atomic E-state index is 0.00737. The van der Waals surface area contributed by atoms with Crippen LogP contribution in [0.15, 0.2) is 66.7 Å². The molecular formula is C27H28ClN3O2. The summed E-state index contributed by atoms with van der Waals surface area (Å²) < 4.78 is 0. The maximum absolute atomic E-state index is 13.3. The van der Waals surface area contributed by atoms with Gasteiger partial charge in [0.15, 0.2) is 0 Å². The van der Waals surface area contributed by atoms with Gasteiger partial charge in [-0.1, -0.05) is 48.0 Å². The van der Waals surface area contributed by atoms with Crippen LogP contribution in [0, 0.1) is 6.92 Å². The van der Waals surface area contributed by atoms with Crippen molar-refractivity contribution in [2.24, 2.45) is 0 Å². The minimum Gasteiger partial charge on any atom is -0.339 e. The molecule has 0 atom stereocenters. The van der Waals surface area contributed by atoms with Crippen molar-refractivity contribution in [2.75, 3.05) is 20.1 Å². The summed E-state index contributed by atoms with van der Waals surface area (Å²) in [6.07, 6.45) is 1.54. The first-order chi connectivity index (χ1) is 15.9. The molecule has 6 heteroatoms. The Morgan fingerprint density at radius 2 is 1.76 bits per heavy atom. The van der Waals surface area contributed by atoms with Crippen LogP contribution in [0.25, 0.3) is 0 Å². The molecule has 0 unspecified atom stereocenters. The molecule has 3 aromatic rings. The lowest BCUT2D eigenvalue weighted by Crippen LogP contribution is -2.38. The zero-order valence-electron chi connectivity index (χ0n) is 19.0. The summed E-state index contributed by atoms with van der Waals surface area (Å²) in [4.78, 5) is 34.6. The van der Waals surface area contributed by atoms with Gasteiger partial charge in [0.25, 0.3) is 11.8 Å². The topological polar surface area (TPSA) is 53.5 Å². The van der Waals surface area contributed by atoms with E-state index in [0.29, 0.717) is 35.8 Å². The molecular weight excluding hydrogens is 434 g/mol. The smallest absolute Gasteiger partial charge is 0.255 e. The predicted octanol–water partition coefficient (Wildman–Crippen LogP) is 5.34. The van der Waals surface area contributed by atoms with E-state index >= 15 is 0 Å². The first-order valence-corrected chi connectivity index (χ1v) is 11.6. The number of nitrogens with zero attached hydrogens (tertiary/aromatic N) is 3. The first kappa shape index (κ1) is 23.0. The molecule has 1 aliphatic heterocycles. The summed E-state index contributed by atoms with van der Waals surface area (Å²) in [5.74, 6) is 0.100. The molecule has 4 rings (SSSR count). The molecule has 0 aliphatic carbocycles. The van der Waals surface area contributed by atoms with Gasteiger partial charge in [-0.05, 0) is 55.7 Å². The van der Waals surface area contributed by atoms with E-state index in [9.17, 15) is 9.59 Å². The largest absolute Gasteiger partial charge is 0.339 e. The standard InChI is InChI=1S/C27H28ClN3O2/c1-19-11-12-24(27(33)30(2)18-20-7-4-3-5-8-20)25(29-19)21-13-15-31(16-14-21)26(32)22-9-6-10-23(28)17-22/h3-12,17,21H,13-16,18H2,1-2H3. The molecule has 2 aromatic carbocycles. The second-order valence-electron chi connectivity index (χ2n) is 8.61. The van der Waals surface area contributed by atoms with Crippen molar-refractivity contribution < 1.29 is 9.59 Å². The number of piperidine rings is 1. The summed E-state index contributed by atoms with van der Waals surface area (Å²) in [6.45, 7) is 3.74. The fourth-order valence-electron chi connectivity index (χ4n) is 4.36. The van der Waals surface area contributed by atoms with E-state index in [-0.39, 0.29) is 17.7 Å². The van der Waals surface area contributed by atoms with Crippen molar-refractivity contribution in [3.8, 4) is 0 Å². The van der Waals surface area contributed by atoms with Gasteiger partial charge in [0.1, 0.15) is 0 Å². The lowest BCUT2D eigenvalue weighted by molar-refractivity contribution is 0.0706. The van der Waals surface area contributed by atoms with Crippen molar-refractivity contribution >= 4 is 23.4 Å². The maximum atomic E-state index is 13.3. The summed E-state index contributed by atoms with van der Waals surface area (Å²) in [5.41, 5.74) is 4.08. The number of likely N-dealkylation sites (tertiary alicyclic amines) is 1. The highest BCUT2D eigenvalue weighted by atomic mass is 35.5. The SMILES string of the molecule is Cc1ccc(C(=O)N(C)Cc2ccccc2)c(C2CCN(C(=O)c3cccc(Cl)c3)CC2)n1. The highest BCUT2D eigenvalue weighted by molar-refractivity contribution is 6.30. The number of hydrogen-bond donors (Lipinski definition) is 0. The van der Waals surface area contributed by atoms with Crippen molar-refractivity contribution in [3.05, 3.63) is 99.8 Å². The van der Waals surface area contributed by atoms with E-state index in [2.05, 4.69) is 0 Å². The maximum Gasteiger partial charge on any atom is 0.255 e. The third-order valence-electron chi connectivity index (χ3n) is 6.14. The Labute approximate surface area is 200 Å². The average Bonchev–Trinajstić information content (AvgIpc) is 2.84. The number of amides is 2. The molecule has 2 amide bonds. The fraction of sp³-hybridized carbons (Fsp3) is 0.296. The molecule has 0 N–H and O–H groups in total. The van der Waals surface area contributed by atoms with E-state index in [4.69, 9.17) is 16.6 Å². The zero-order valence-corrected chi connectivity index (χ0v) is 19.8. The zero-order chi connectivity index (χ0) is 23.4. The van der Waals surface area contributed by atoms with Crippen LogP contribution < -0.4 is 0 Å². The Morgan fingerprint density at radius 3 is 2.45 bits per heavy atom. The monoisotopic (exact) mass is 461 g/mol. The summed E-state index contributed by atoms with van der Waals surface area (Å²) >= 11 is 6.05. The molecule has 1 aromatic heterocycles. The average molecular weight is 462 g/mol. The van der Waals surface area contributed by atoms with E-state index < -0.39 is 0 Å². The van der Waals surface area contributed by atoms with Gasteiger partial charge in [-0.2, -0.15) is 0 Å². The van der Waals surface area contributed by atoms with Crippen LogP contribution in [0.2, 0.25) is 5.02 Å². The molecule has 0 radical (unpaired) electrons. The van der Waals surface area contributed by atoms with Gasteiger partial charge < -0.3 is 9.80 Å². The molecule has 1 aliphatic rings. The molecule has 0 saturated carbocycles. The molecule has 2 heterocycles. The number of halogens is 1. The van der Waals surface area contributed by atoms with Gasteiger partial charge in [0.05, 0.1) is 11.3 Å². The van der Waals surface area contributed by atoms with Crippen molar-refractivity contribution in [1.82, 2.24) is 14.8 Å². The Kier molecular flexibility index (Phi) is 7.09. The van der Waals surface area contributed by atoms with Crippen molar-refractivity contribution in [3.63, 3.8) is 0 Å². The van der Waals surface area contributed by atoms with Gasteiger partial charge in [0, 0.05) is 48.9 Å². The number of aryl methyl sites for hydroxylation is 1. The van der Waals surface area contributed by atoms with Gasteiger partial charge in [0.2, 0.25) is 0 Å². The highest BCUT2D eigenvalue weighted by Gasteiger charge is 2.29.